The molecular weight excluding hydrogens is 288 g/mol. The Morgan fingerprint density at radius 1 is 1.62 bits per heavy atom. The lowest BCUT2D eigenvalue weighted by Crippen LogP contribution is -2.47. The first-order valence-electron chi connectivity index (χ1n) is 7.29. The highest BCUT2D eigenvalue weighted by molar-refractivity contribution is 7.09. The van der Waals surface area contributed by atoms with E-state index in [-0.39, 0.29) is 30.1 Å². The van der Waals surface area contributed by atoms with Gasteiger partial charge in [-0.1, -0.05) is 20.8 Å². The summed E-state index contributed by atoms with van der Waals surface area (Å²) in [5.74, 6) is -0.149. The number of thiazole rings is 1. The van der Waals surface area contributed by atoms with Gasteiger partial charge in [-0.2, -0.15) is 0 Å². The summed E-state index contributed by atoms with van der Waals surface area (Å²) in [6, 6.07) is -0.238. The van der Waals surface area contributed by atoms with Gasteiger partial charge in [-0.3, -0.25) is 4.79 Å². The molecule has 21 heavy (non-hydrogen) atoms. The molecule has 0 aromatic carbocycles. The van der Waals surface area contributed by atoms with Gasteiger partial charge in [0.1, 0.15) is 16.8 Å². The lowest BCUT2D eigenvalue weighted by molar-refractivity contribution is 0.0428. The lowest BCUT2D eigenvalue weighted by Gasteiger charge is -2.36. The number of carbonyl (C=O) groups excluding carboxylic acids is 1. The summed E-state index contributed by atoms with van der Waals surface area (Å²) < 4.78 is 5.60. The van der Waals surface area contributed by atoms with Crippen LogP contribution in [-0.4, -0.2) is 47.2 Å². The van der Waals surface area contributed by atoms with E-state index in [4.69, 9.17) is 4.74 Å². The summed E-state index contributed by atoms with van der Waals surface area (Å²) in [6.45, 7) is 6.74. The van der Waals surface area contributed by atoms with Crippen LogP contribution in [0.1, 0.15) is 55.2 Å². The molecule has 0 saturated carbocycles. The van der Waals surface area contributed by atoms with Crippen LogP contribution in [0.25, 0.3) is 0 Å². The zero-order valence-electron chi connectivity index (χ0n) is 13.1. The standard InChI is InChI=1S/C15H24N2O3S/c1-15(2,3)12(8-18)17(4)14(19)10-9-21-13(16-10)11-6-5-7-20-11/h9,11-12,18H,5-8H2,1-4H3/t11-,12-/m0/s1. The molecule has 6 heteroatoms. The van der Waals surface area contributed by atoms with E-state index in [9.17, 15) is 9.90 Å². The van der Waals surface area contributed by atoms with E-state index in [0.717, 1.165) is 24.5 Å². The Bertz CT molecular complexity index is 489. The molecule has 0 unspecified atom stereocenters. The van der Waals surface area contributed by atoms with E-state index in [1.54, 1.807) is 17.3 Å². The van der Waals surface area contributed by atoms with Crippen molar-refractivity contribution in [3.05, 3.63) is 16.1 Å². The highest BCUT2D eigenvalue weighted by Crippen LogP contribution is 2.31. The molecule has 0 spiro atoms. The first kappa shape index (κ1) is 16.4. The van der Waals surface area contributed by atoms with Crippen LogP contribution in [0.4, 0.5) is 0 Å². The second-order valence-electron chi connectivity index (χ2n) is 6.55. The van der Waals surface area contributed by atoms with E-state index < -0.39 is 0 Å². The van der Waals surface area contributed by atoms with E-state index in [0.29, 0.717) is 5.69 Å². The van der Waals surface area contributed by atoms with E-state index in [2.05, 4.69) is 4.98 Å². The fourth-order valence-electron chi connectivity index (χ4n) is 2.61. The summed E-state index contributed by atoms with van der Waals surface area (Å²) in [5, 5.41) is 12.2. The van der Waals surface area contributed by atoms with Gasteiger partial charge in [-0.25, -0.2) is 4.98 Å². The molecule has 2 heterocycles. The minimum atomic E-state index is -0.238. The average molecular weight is 312 g/mol. The molecule has 0 radical (unpaired) electrons. The number of ether oxygens (including phenoxy) is 1. The summed E-state index contributed by atoms with van der Waals surface area (Å²) in [4.78, 5) is 18.6. The Morgan fingerprint density at radius 3 is 2.86 bits per heavy atom. The SMILES string of the molecule is CN(C(=O)c1csc([C@@H]2CCCO2)n1)[C@@H](CO)C(C)(C)C. The largest absolute Gasteiger partial charge is 0.394 e. The molecule has 0 aliphatic carbocycles. The van der Waals surface area contributed by atoms with Gasteiger partial charge in [0.2, 0.25) is 0 Å². The lowest BCUT2D eigenvalue weighted by atomic mass is 9.86. The molecule has 2 atom stereocenters. The predicted molar refractivity (Wildman–Crippen MR) is 82.5 cm³/mol. The van der Waals surface area contributed by atoms with Crippen LogP contribution in [0.3, 0.4) is 0 Å². The zero-order valence-corrected chi connectivity index (χ0v) is 13.9. The minimum Gasteiger partial charge on any atom is -0.394 e. The second-order valence-corrected chi connectivity index (χ2v) is 7.44. The van der Waals surface area contributed by atoms with Crippen molar-refractivity contribution in [2.75, 3.05) is 20.3 Å². The average Bonchev–Trinajstić information content (AvgIpc) is 3.07. The van der Waals surface area contributed by atoms with Crippen molar-refractivity contribution in [1.29, 1.82) is 0 Å². The van der Waals surface area contributed by atoms with Crippen LogP contribution in [0.2, 0.25) is 0 Å². The van der Waals surface area contributed by atoms with Crippen molar-refractivity contribution >= 4 is 17.2 Å². The normalized spacial score (nSPS) is 20.5. The number of rotatable bonds is 4. The van der Waals surface area contributed by atoms with Gasteiger partial charge in [0.05, 0.1) is 12.6 Å². The number of aliphatic hydroxyl groups excluding tert-OH is 1. The highest BCUT2D eigenvalue weighted by atomic mass is 32.1. The number of aromatic nitrogens is 1. The molecule has 1 fully saturated rings. The van der Waals surface area contributed by atoms with Gasteiger partial charge in [-0.05, 0) is 18.3 Å². The van der Waals surface area contributed by atoms with Crippen molar-refractivity contribution in [3.63, 3.8) is 0 Å². The van der Waals surface area contributed by atoms with Gasteiger partial charge in [0.25, 0.3) is 5.91 Å². The van der Waals surface area contributed by atoms with Crippen LogP contribution in [0, 0.1) is 5.41 Å². The molecule has 1 N–H and O–H groups in total. The van der Waals surface area contributed by atoms with E-state index >= 15 is 0 Å². The smallest absolute Gasteiger partial charge is 0.273 e. The van der Waals surface area contributed by atoms with Crippen molar-refractivity contribution in [1.82, 2.24) is 9.88 Å². The Balaban J connectivity index is 2.12. The number of amides is 1. The molecule has 0 bridgehead atoms. The van der Waals surface area contributed by atoms with Crippen LogP contribution < -0.4 is 0 Å². The Labute approximate surface area is 129 Å². The third kappa shape index (κ3) is 3.62. The molecule has 1 saturated heterocycles. The highest BCUT2D eigenvalue weighted by Gasteiger charge is 2.32. The fourth-order valence-corrected chi connectivity index (χ4v) is 3.48. The van der Waals surface area contributed by atoms with Crippen LogP contribution >= 0.6 is 11.3 Å². The fraction of sp³-hybridized carbons (Fsp3) is 0.733. The maximum absolute atomic E-state index is 12.5. The molecule has 1 aliphatic heterocycles. The van der Waals surface area contributed by atoms with Crippen molar-refractivity contribution < 1.29 is 14.6 Å². The van der Waals surface area contributed by atoms with Crippen LogP contribution in [-0.2, 0) is 4.74 Å². The maximum Gasteiger partial charge on any atom is 0.273 e. The summed E-state index contributed by atoms with van der Waals surface area (Å²) in [5.41, 5.74) is 0.253. The Kier molecular flexibility index (Phi) is 5.01. The Hall–Kier alpha value is -0.980. The van der Waals surface area contributed by atoms with Gasteiger partial charge in [0.15, 0.2) is 0 Å². The first-order valence-corrected chi connectivity index (χ1v) is 8.17. The maximum atomic E-state index is 12.5. The van der Waals surface area contributed by atoms with Crippen LogP contribution in [0.5, 0.6) is 0 Å². The zero-order chi connectivity index (χ0) is 15.6. The summed E-state index contributed by atoms with van der Waals surface area (Å²) >= 11 is 1.47. The third-order valence-electron chi connectivity index (χ3n) is 3.91. The van der Waals surface area contributed by atoms with Gasteiger partial charge in [-0.15, -0.1) is 11.3 Å². The van der Waals surface area contributed by atoms with E-state index in [1.807, 2.05) is 20.8 Å². The molecule has 1 aromatic rings. The molecule has 1 aliphatic rings. The topological polar surface area (TPSA) is 62.7 Å². The third-order valence-corrected chi connectivity index (χ3v) is 4.84. The van der Waals surface area contributed by atoms with Gasteiger partial charge in [0, 0.05) is 19.0 Å². The number of hydrogen-bond acceptors (Lipinski definition) is 5. The number of nitrogens with zero attached hydrogens (tertiary/aromatic N) is 2. The summed E-state index contributed by atoms with van der Waals surface area (Å²) in [7, 11) is 1.72. The number of likely N-dealkylation sites (N-methyl/N-ethyl adjacent to an activating group) is 1. The monoisotopic (exact) mass is 312 g/mol. The van der Waals surface area contributed by atoms with Crippen molar-refractivity contribution in [2.24, 2.45) is 5.41 Å². The van der Waals surface area contributed by atoms with Crippen LogP contribution in [0.15, 0.2) is 5.38 Å². The van der Waals surface area contributed by atoms with Gasteiger partial charge >= 0.3 is 0 Å². The molecule has 5 nitrogen and oxygen atoms in total. The molecule has 1 aromatic heterocycles. The first-order chi connectivity index (χ1) is 9.84. The molecular formula is C15H24N2O3S. The Morgan fingerprint density at radius 2 is 2.33 bits per heavy atom. The predicted octanol–water partition coefficient (Wildman–Crippen LogP) is 2.47. The quantitative estimate of drug-likeness (QED) is 0.928. The van der Waals surface area contributed by atoms with Gasteiger partial charge < -0.3 is 14.7 Å². The number of hydrogen-bond donors (Lipinski definition) is 1. The second kappa shape index (κ2) is 6.42. The van der Waals surface area contributed by atoms with E-state index in [1.165, 1.54) is 11.3 Å². The summed E-state index contributed by atoms with van der Waals surface area (Å²) in [6.07, 6.45) is 2.06. The molecule has 2 rings (SSSR count). The minimum absolute atomic E-state index is 0.0399. The number of aliphatic hydroxyl groups is 1. The van der Waals surface area contributed by atoms with Crippen molar-refractivity contribution in [2.45, 2.75) is 45.8 Å². The van der Waals surface area contributed by atoms with Crippen molar-refractivity contribution in [3.8, 4) is 0 Å². The number of carbonyl (C=O) groups is 1. The molecule has 1 amide bonds. The molecule has 118 valence electrons.